The normalized spacial score (nSPS) is 11.8. The number of esters is 1. The van der Waals surface area contributed by atoms with Crippen LogP contribution >= 0.6 is 11.3 Å². The van der Waals surface area contributed by atoms with Gasteiger partial charge in [0.05, 0.1) is 0 Å². The lowest BCUT2D eigenvalue weighted by atomic mass is 10.1. The third-order valence-electron chi connectivity index (χ3n) is 3.49. The molecule has 2 heterocycles. The summed E-state index contributed by atoms with van der Waals surface area (Å²) in [6, 6.07) is 12.3. The van der Waals surface area contributed by atoms with Crippen LogP contribution in [0.2, 0.25) is 0 Å². The van der Waals surface area contributed by atoms with Crippen LogP contribution in [0.5, 0.6) is 0 Å². The first-order valence-electron chi connectivity index (χ1n) is 7.59. The lowest BCUT2D eigenvalue weighted by Crippen LogP contribution is -2.26. The topological polar surface area (TPSA) is 81.4 Å². The van der Waals surface area contributed by atoms with Gasteiger partial charge in [0.2, 0.25) is 6.10 Å². The molecule has 0 spiro atoms. The van der Waals surface area contributed by atoms with Crippen molar-refractivity contribution >= 4 is 29.0 Å². The molecule has 0 fully saturated rings. The van der Waals surface area contributed by atoms with E-state index in [4.69, 9.17) is 9.26 Å². The number of rotatable bonds is 5. The van der Waals surface area contributed by atoms with Crippen LogP contribution in [-0.2, 0) is 9.53 Å². The fraction of sp³-hybridized carbons (Fsp3) is 0.167. The fourth-order valence-electron chi connectivity index (χ4n) is 2.26. The van der Waals surface area contributed by atoms with Crippen molar-refractivity contribution in [3.8, 4) is 0 Å². The van der Waals surface area contributed by atoms with Gasteiger partial charge in [-0.2, -0.15) is 0 Å². The summed E-state index contributed by atoms with van der Waals surface area (Å²) in [5.74, 6) is -0.195. The predicted octanol–water partition coefficient (Wildman–Crippen LogP) is 3.89. The van der Waals surface area contributed by atoms with Gasteiger partial charge in [0.1, 0.15) is 10.6 Å². The fourth-order valence-corrected chi connectivity index (χ4v) is 3.07. The van der Waals surface area contributed by atoms with Crippen molar-refractivity contribution in [2.75, 3.05) is 5.32 Å². The van der Waals surface area contributed by atoms with Gasteiger partial charge in [-0.05, 0) is 30.9 Å². The number of aryl methyl sites for hydroxylation is 2. The summed E-state index contributed by atoms with van der Waals surface area (Å²) in [6.45, 7) is 3.54. The summed E-state index contributed by atoms with van der Waals surface area (Å²) in [5.41, 5.74) is 1.39. The van der Waals surface area contributed by atoms with Gasteiger partial charge >= 0.3 is 5.97 Å². The minimum Gasteiger partial charge on any atom is -0.443 e. The van der Waals surface area contributed by atoms with E-state index in [2.05, 4.69) is 10.5 Å². The number of carbonyl (C=O) groups excluding carboxylic acids is 2. The van der Waals surface area contributed by atoms with Crippen molar-refractivity contribution in [2.45, 2.75) is 20.0 Å². The summed E-state index contributed by atoms with van der Waals surface area (Å²) in [5, 5.41) is 8.15. The van der Waals surface area contributed by atoms with Crippen molar-refractivity contribution in [1.82, 2.24) is 5.16 Å². The highest BCUT2D eigenvalue weighted by atomic mass is 32.1. The number of nitrogens with zero attached hydrogens (tertiary/aromatic N) is 1. The number of carbonyl (C=O) groups is 2. The van der Waals surface area contributed by atoms with Crippen LogP contribution in [0.3, 0.4) is 0 Å². The van der Waals surface area contributed by atoms with Crippen LogP contribution in [0, 0.1) is 13.8 Å². The van der Waals surface area contributed by atoms with Crippen molar-refractivity contribution in [3.05, 3.63) is 69.6 Å². The second kappa shape index (κ2) is 7.31. The van der Waals surface area contributed by atoms with E-state index in [1.165, 1.54) is 11.3 Å². The van der Waals surface area contributed by atoms with Gasteiger partial charge < -0.3 is 14.6 Å². The molecule has 1 amide bonds. The predicted molar refractivity (Wildman–Crippen MR) is 93.5 cm³/mol. The van der Waals surface area contributed by atoms with E-state index in [1.54, 1.807) is 37.3 Å². The SMILES string of the molecule is Cc1cc(NC(=O)C(OC(=O)c2sccc2C)c2ccccc2)no1. The van der Waals surface area contributed by atoms with Crippen molar-refractivity contribution < 1.29 is 18.8 Å². The highest BCUT2D eigenvalue weighted by molar-refractivity contribution is 7.12. The van der Waals surface area contributed by atoms with Crippen molar-refractivity contribution in [1.29, 1.82) is 0 Å². The highest BCUT2D eigenvalue weighted by Crippen LogP contribution is 2.24. The first-order chi connectivity index (χ1) is 12.0. The molecule has 128 valence electrons. The minimum atomic E-state index is -1.09. The lowest BCUT2D eigenvalue weighted by molar-refractivity contribution is -0.125. The van der Waals surface area contributed by atoms with E-state index >= 15 is 0 Å². The Bertz CT molecular complexity index is 885. The van der Waals surface area contributed by atoms with Crippen molar-refractivity contribution in [3.63, 3.8) is 0 Å². The average molecular weight is 356 g/mol. The maximum atomic E-state index is 12.6. The van der Waals surface area contributed by atoms with Gasteiger partial charge in [-0.3, -0.25) is 4.79 Å². The maximum Gasteiger partial charge on any atom is 0.349 e. The van der Waals surface area contributed by atoms with Crippen molar-refractivity contribution in [2.24, 2.45) is 0 Å². The standard InChI is InChI=1S/C18H16N2O4S/c1-11-8-9-25-16(11)18(22)23-15(13-6-4-3-5-7-13)17(21)19-14-10-12(2)24-20-14/h3-10,15H,1-2H3,(H,19,20,21). The molecule has 0 aliphatic heterocycles. The Morgan fingerprint density at radius 1 is 1.20 bits per heavy atom. The summed E-state index contributed by atoms with van der Waals surface area (Å²) in [4.78, 5) is 25.6. The molecule has 2 aromatic heterocycles. The highest BCUT2D eigenvalue weighted by Gasteiger charge is 2.27. The Balaban J connectivity index is 1.83. The molecule has 0 saturated carbocycles. The second-order valence-electron chi connectivity index (χ2n) is 5.44. The average Bonchev–Trinajstić information content (AvgIpc) is 3.21. The molecule has 7 heteroatoms. The van der Waals surface area contributed by atoms with Gasteiger partial charge in [-0.25, -0.2) is 4.79 Å². The number of hydrogen-bond donors (Lipinski definition) is 1. The Hall–Kier alpha value is -2.93. The molecule has 3 rings (SSSR count). The zero-order valence-electron chi connectivity index (χ0n) is 13.7. The second-order valence-corrected chi connectivity index (χ2v) is 6.36. The summed E-state index contributed by atoms with van der Waals surface area (Å²) >= 11 is 1.28. The minimum absolute atomic E-state index is 0.270. The van der Waals surface area contributed by atoms with E-state index < -0.39 is 18.0 Å². The number of anilines is 1. The van der Waals surface area contributed by atoms with Gasteiger partial charge in [0.25, 0.3) is 5.91 Å². The number of ether oxygens (including phenoxy) is 1. The number of thiophene rings is 1. The molecule has 0 bridgehead atoms. The third-order valence-corrected chi connectivity index (χ3v) is 4.49. The molecule has 1 N–H and O–H groups in total. The molecule has 0 radical (unpaired) electrons. The zero-order chi connectivity index (χ0) is 17.8. The van der Waals surface area contributed by atoms with Gasteiger partial charge in [-0.15, -0.1) is 11.3 Å². The van der Waals surface area contributed by atoms with Crippen LogP contribution in [0.1, 0.15) is 32.7 Å². The Morgan fingerprint density at radius 3 is 2.56 bits per heavy atom. The zero-order valence-corrected chi connectivity index (χ0v) is 14.5. The van der Waals surface area contributed by atoms with Crippen LogP contribution in [0.25, 0.3) is 0 Å². The van der Waals surface area contributed by atoms with Crippen LogP contribution < -0.4 is 5.32 Å². The van der Waals surface area contributed by atoms with Crippen LogP contribution in [0.4, 0.5) is 5.82 Å². The number of aromatic nitrogens is 1. The lowest BCUT2D eigenvalue weighted by Gasteiger charge is -2.17. The molecule has 1 unspecified atom stereocenters. The molecular formula is C18H16N2O4S. The molecule has 6 nitrogen and oxygen atoms in total. The Kier molecular flexibility index (Phi) is 4.95. The quantitative estimate of drug-likeness (QED) is 0.702. The monoisotopic (exact) mass is 356 g/mol. The van der Waals surface area contributed by atoms with E-state index in [-0.39, 0.29) is 5.82 Å². The third kappa shape index (κ3) is 3.95. The van der Waals surface area contributed by atoms with E-state index in [0.717, 1.165) is 5.56 Å². The first kappa shape index (κ1) is 16.9. The molecule has 3 aromatic rings. The molecule has 1 atom stereocenters. The van der Waals surface area contributed by atoms with E-state index in [0.29, 0.717) is 16.2 Å². The van der Waals surface area contributed by atoms with E-state index in [9.17, 15) is 9.59 Å². The van der Waals surface area contributed by atoms with Crippen LogP contribution in [-0.4, -0.2) is 17.0 Å². The largest absolute Gasteiger partial charge is 0.443 e. The number of amides is 1. The van der Waals surface area contributed by atoms with Crippen LogP contribution in [0.15, 0.2) is 52.4 Å². The summed E-state index contributed by atoms with van der Waals surface area (Å²) in [6.07, 6.45) is -1.09. The molecule has 0 aliphatic carbocycles. The summed E-state index contributed by atoms with van der Waals surface area (Å²) < 4.78 is 10.4. The van der Waals surface area contributed by atoms with Gasteiger partial charge in [0.15, 0.2) is 5.82 Å². The maximum absolute atomic E-state index is 12.6. The molecule has 0 aliphatic rings. The smallest absolute Gasteiger partial charge is 0.349 e. The Morgan fingerprint density at radius 2 is 1.96 bits per heavy atom. The molecule has 1 aromatic carbocycles. The molecular weight excluding hydrogens is 340 g/mol. The van der Waals surface area contributed by atoms with E-state index in [1.807, 2.05) is 24.4 Å². The summed E-state index contributed by atoms with van der Waals surface area (Å²) in [7, 11) is 0. The number of hydrogen-bond acceptors (Lipinski definition) is 6. The Labute approximate surface area is 148 Å². The number of nitrogens with one attached hydrogen (secondary N) is 1. The molecule has 0 saturated heterocycles. The first-order valence-corrected chi connectivity index (χ1v) is 8.47. The van der Waals surface area contributed by atoms with Gasteiger partial charge in [0, 0.05) is 11.6 Å². The number of benzene rings is 1. The molecule has 25 heavy (non-hydrogen) atoms. The van der Waals surface area contributed by atoms with Gasteiger partial charge in [-0.1, -0.05) is 35.5 Å².